The van der Waals surface area contributed by atoms with Crippen molar-refractivity contribution < 1.29 is 5.21 Å². The summed E-state index contributed by atoms with van der Waals surface area (Å²) < 4.78 is 0. The maximum atomic E-state index is 8.55. The molecule has 0 aromatic carbocycles. The molecule has 0 radical (unpaired) electrons. The topological polar surface area (TPSA) is 70.6 Å². The summed E-state index contributed by atoms with van der Waals surface area (Å²) in [5.74, 6) is 0.269. The predicted molar refractivity (Wildman–Crippen MR) is 59.5 cm³/mol. The highest BCUT2D eigenvalue weighted by Crippen LogP contribution is 2.19. The first-order valence-electron chi connectivity index (χ1n) is 4.78. The fraction of sp³-hybridized carbons (Fsp3) is 0.700. The Balaban J connectivity index is 3.94. The van der Waals surface area contributed by atoms with Gasteiger partial charge < -0.3 is 16.3 Å². The van der Waals surface area contributed by atoms with E-state index in [2.05, 4.69) is 17.1 Å². The van der Waals surface area contributed by atoms with Crippen LogP contribution >= 0.6 is 0 Å². The summed E-state index contributed by atoms with van der Waals surface area (Å²) >= 11 is 0. The minimum atomic E-state index is -0.275. The molecular formula is C10H21N3O. The van der Waals surface area contributed by atoms with Crippen molar-refractivity contribution in [1.82, 2.24) is 5.32 Å². The Morgan fingerprint density at radius 1 is 1.71 bits per heavy atom. The monoisotopic (exact) mass is 199 g/mol. The Bertz CT molecular complexity index is 211. The highest BCUT2D eigenvalue weighted by atomic mass is 16.4. The second kappa shape index (κ2) is 5.65. The number of hydrogen-bond acceptors (Lipinski definition) is 3. The molecule has 0 heterocycles. The van der Waals surface area contributed by atoms with Gasteiger partial charge in [-0.3, -0.25) is 0 Å². The molecule has 1 atom stereocenters. The summed E-state index contributed by atoms with van der Waals surface area (Å²) in [4.78, 5) is 0. The summed E-state index contributed by atoms with van der Waals surface area (Å²) in [7, 11) is 0. The molecule has 0 saturated carbocycles. The summed E-state index contributed by atoms with van der Waals surface area (Å²) in [5, 5.41) is 14.8. The Morgan fingerprint density at radius 2 is 2.29 bits per heavy atom. The van der Waals surface area contributed by atoms with Crippen LogP contribution in [-0.2, 0) is 0 Å². The third-order valence-corrected chi connectivity index (χ3v) is 2.37. The maximum absolute atomic E-state index is 8.55. The molecule has 0 saturated heterocycles. The van der Waals surface area contributed by atoms with Gasteiger partial charge in [0.05, 0.1) is 0 Å². The van der Waals surface area contributed by atoms with Crippen molar-refractivity contribution in [1.29, 1.82) is 0 Å². The number of nitrogens with two attached hydrogens (primary N) is 1. The first kappa shape index (κ1) is 13.0. The van der Waals surface area contributed by atoms with Gasteiger partial charge in [0.25, 0.3) is 0 Å². The average Bonchev–Trinajstić information content (AvgIpc) is 2.15. The second-order valence-corrected chi connectivity index (χ2v) is 4.10. The van der Waals surface area contributed by atoms with Crippen LogP contribution in [0.1, 0.15) is 27.2 Å². The van der Waals surface area contributed by atoms with Crippen molar-refractivity contribution in [2.75, 3.05) is 6.54 Å². The molecule has 0 aliphatic heterocycles. The molecule has 0 rings (SSSR count). The van der Waals surface area contributed by atoms with Crippen LogP contribution in [0.15, 0.2) is 17.8 Å². The third-order valence-electron chi connectivity index (χ3n) is 2.37. The lowest BCUT2D eigenvalue weighted by atomic mass is 9.88. The van der Waals surface area contributed by atoms with Gasteiger partial charge in [-0.25, -0.2) is 0 Å². The standard InChI is InChI=1S/C10H21N3O/c1-5-8(2)12-7-6-10(3,4)9(11)13-14/h5,8,12,14H,1,6-7H2,2-4H3,(H2,11,13). The molecule has 0 spiro atoms. The zero-order valence-electron chi connectivity index (χ0n) is 9.25. The van der Waals surface area contributed by atoms with Crippen molar-refractivity contribution in [3.8, 4) is 0 Å². The van der Waals surface area contributed by atoms with E-state index in [0.717, 1.165) is 13.0 Å². The van der Waals surface area contributed by atoms with Crippen LogP contribution in [0.25, 0.3) is 0 Å². The summed E-state index contributed by atoms with van der Waals surface area (Å²) in [6.07, 6.45) is 2.66. The first-order chi connectivity index (χ1) is 6.44. The molecule has 0 aliphatic rings. The molecule has 4 N–H and O–H groups in total. The number of nitrogens with one attached hydrogen (secondary N) is 1. The van der Waals surface area contributed by atoms with Crippen LogP contribution in [0.3, 0.4) is 0 Å². The lowest BCUT2D eigenvalue weighted by Crippen LogP contribution is -2.36. The van der Waals surface area contributed by atoms with Crippen LogP contribution in [0, 0.1) is 5.41 Å². The van der Waals surface area contributed by atoms with Gasteiger partial charge in [-0.05, 0) is 19.9 Å². The molecule has 4 nitrogen and oxygen atoms in total. The van der Waals surface area contributed by atoms with Gasteiger partial charge in [0.15, 0.2) is 0 Å². The largest absolute Gasteiger partial charge is 0.409 e. The molecule has 0 amide bonds. The van der Waals surface area contributed by atoms with E-state index < -0.39 is 0 Å². The SMILES string of the molecule is C=CC(C)NCCC(C)(C)/C(N)=N/O. The minimum absolute atomic E-state index is 0.269. The van der Waals surface area contributed by atoms with Gasteiger partial charge in [0.1, 0.15) is 5.84 Å². The van der Waals surface area contributed by atoms with Crippen molar-refractivity contribution in [2.45, 2.75) is 33.2 Å². The quantitative estimate of drug-likeness (QED) is 0.199. The Labute approximate surface area is 85.9 Å². The molecule has 0 aromatic heterocycles. The van der Waals surface area contributed by atoms with Gasteiger partial charge in [-0.15, -0.1) is 6.58 Å². The fourth-order valence-electron chi connectivity index (χ4n) is 0.959. The number of rotatable bonds is 6. The normalized spacial score (nSPS) is 15.2. The molecule has 0 aliphatic carbocycles. The number of oxime groups is 1. The van der Waals surface area contributed by atoms with E-state index in [-0.39, 0.29) is 17.3 Å². The van der Waals surface area contributed by atoms with E-state index in [9.17, 15) is 0 Å². The van der Waals surface area contributed by atoms with Crippen molar-refractivity contribution >= 4 is 5.84 Å². The molecule has 4 heteroatoms. The lowest BCUT2D eigenvalue weighted by Gasteiger charge is -2.23. The fourth-order valence-corrected chi connectivity index (χ4v) is 0.959. The van der Waals surface area contributed by atoms with Gasteiger partial charge in [-0.1, -0.05) is 25.1 Å². The van der Waals surface area contributed by atoms with E-state index in [1.165, 1.54) is 0 Å². The van der Waals surface area contributed by atoms with E-state index in [4.69, 9.17) is 10.9 Å². The minimum Gasteiger partial charge on any atom is -0.409 e. The number of amidine groups is 1. The van der Waals surface area contributed by atoms with Crippen LogP contribution in [0.5, 0.6) is 0 Å². The van der Waals surface area contributed by atoms with E-state index in [1.807, 2.05) is 26.8 Å². The highest BCUT2D eigenvalue weighted by Gasteiger charge is 2.22. The summed E-state index contributed by atoms with van der Waals surface area (Å²) in [6, 6.07) is 0.290. The van der Waals surface area contributed by atoms with Gasteiger partial charge >= 0.3 is 0 Å². The second-order valence-electron chi connectivity index (χ2n) is 4.10. The van der Waals surface area contributed by atoms with Crippen molar-refractivity contribution in [3.05, 3.63) is 12.7 Å². The Hall–Kier alpha value is -1.03. The zero-order valence-corrected chi connectivity index (χ0v) is 9.25. The van der Waals surface area contributed by atoms with Gasteiger partial charge in [0.2, 0.25) is 0 Å². The molecule has 1 unspecified atom stereocenters. The summed E-state index contributed by atoms with van der Waals surface area (Å²) in [5.41, 5.74) is 5.28. The van der Waals surface area contributed by atoms with Crippen LogP contribution < -0.4 is 11.1 Å². The summed E-state index contributed by atoms with van der Waals surface area (Å²) in [6.45, 7) is 10.4. The third kappa shape index (κ3) is 4.28. The van der Waals surface area contributed by atoms with Gasteiger partial charge in [-0.2, -0.15) is 0 Å². The van der Waals surface area contributed by atoms with E-state index in [1.54, 1.807) is 0 Å². The average molecular weight is 199 g/mol. The van der Waals surface area contributed by atoms with Gasteiger partial charge in [0, 0.05) is 11.5 Å². The number of hydrogen-bond donors (Lipinski definition) is 3. The predicted octanol–water partition coefficient (Wildman–Crippen LogP) is 1.31. The molecule has 0 bridgehead atoms. The molecular weight excluding hydrogens is 178 g/mol. The van der Waals surface area contributed by atoms with E-state index in [0.29, 0.717) is 0 Å². The Morgan fingerprint density at radius 3 is 2.71 bits per heavy atom. The van der Waals surface area contributed by atoms with Crippen LogP contribution in [0.4, 0.5) is 0 Å². The lowest BCUT2D eigenvalue weighted by molar-refractivity contribution is 0.304. The smallest absolute Gasteiger partial charge is 0.144 e. The molecule has 14 heavy (non-hydrogen) atoms. The highest BCUT2D eigenvalue weighted by molar-refractivity contribution is 5.85. The van der Waals surface area contributed by atoms with Crippen LogP contribution in [-0.4, -0.2) is 23.6 Å². The first-order valence-corrected chi connectivity index (χ1v) is 4.78. The number of nitrogens with zero attached hydrogens (tertiary/aromatic N) is 1. The van der Waals surface area contributed by atoms with Crippen molar-refractivity contribution in [3.63, 3.8) is 0 Å². The maximum Gasteiger partial charge on any atom is 0.144 e. The molecule has 82 valence electrons. The van der Waals surface area contributed by atoms with Crippen molar-refractivity contribution in [2.24, 2.45) is 16.3 Å². The molecule has 0 aromatic rings. The van der Waals surface area contributed by atoms with Crippen LogP contribution in [0.2, 0.25) is 0 Å². The molecule has 0 fully saturated rings. The Kier molecular flexibility index (Phi) is 5.23. The zero-order chi connectivity index (χ0) is 11.2. The van der Waals surface area contributed by atoms with E-state index >= 15 is 0 Å².